The molecule has 0 bridgehead atoms. The fraction of sp³-hybridized carbons (Fsp3) is 0.409. The minimum atomic E-state index is -0.595. The summed E-state index contributed by atoms with van der Waals surface area (Å²) >= 11 is 0. The number of aromatic nitrogens is 3. The normalized spacial score (nSPS) is 26.6. The zero-order chi connectivity index (χ0) is 22.0. The molecule has 1 aliphatic carbocycles. The maximum absolute atomic E-state index is 14.7. The lowest BCUT2D eigenvalue weighted by molar-refractivity contribution is 0.176. The number of fused-ring (bicyclic) bond motifs is 2. The lowest BCUT2D eigenvalue weighted by Crippen LogP contribution is -2.35. The van der Waals surface area contributed by atoms with Crippen molar-refractivity contribution >= 4 is 23.3 Å². The number of carbonyl (C=O) groups is 1. The summed E-state index contributed by atoms with van der Waals surface area (Å²) in [6.45, 7) is 1.46. The number of amides is 2. The van der Waals surface area contributed by atoms with E-state index in [0.29, 0.717) is 42.4 Å². The zero-order valence-corrected chi connectivity index (χ0v) is 17.2. The zero-order valence-electron chi connectivity index (χ0n) is 17.2. The average Bonchev–Trinajstić information content (AvgIpc) is 3.10. The topological polar surface area (TPSA) is 86.0 Å². The minimum absolute atomic E-state index is 0.250. The Balaban J connectivity index is 1.33. The van der Waals surface area contributed by atoms with Crippen LogP contribution in [0.2, 0.25) is 0 Å². The largest absolute Gasteiger partial charge is 0.391 e. The standard InChI is InChI=1S/C22H22F2N6O2/c23-14-1-2-17(24)16(9-14)22-10-13(22)5-8-29(22)19-4-3-18-25-11-20(30(18)27-19)26-21(32)28-7-6-15(31)12-28/h1-4,9,11,13,15,31H,5-8,10,12H2,(H,26,32)/t13?,15-,22+/m0/s1. The molecule has 6 rings (SSSR count). The molecule has 2 N–H and O–H groups in total. The van der Waals surface area contributed by atoms with E-state index in [1.165, 1.54) is 18.3 Å². The Kier molecular flexibility index (Phi) is 4.16. The number of nitrogens with one attached hydrogen (secondary N) is 1. The van der Waals surface area contributed by atoms with Crippen molar-refractivity contribution in [2.75, 3.05) is 29.9 Å². The number of halogens is 2. The summed E-state index contributed by atoms with van der Waals surface area (Å²) < 4.78 is 30.2. The van der Waals surface area contributed by atoms with Crippen LogP contribution in [0.15, 0.2) is 36.5 Å². The molecule has 2 aromatic heterocycles. The Morgan fingerprint density at radius 1 is 1.19 bits per heavy atom. The van der Waals surface area contributed by atoms with Gasteiger partial charge in [0.1, 0.15) is 17.5 Å². The summed E-state index contributed by atoms with van der Waals surface area (Å²) in [5.74, 6) is 0.408. The first-order valence-electron chi connectivity index (χ1n) is 10.8. The van der Waals surface area contributed by atoms with Crippen LogP contribution < -0.4 is 10.2 Å². The number of likely N-dealkylation sites (tertiary alicyclic amines) is 1. The predicted octanol–water partition coefficient (Wildman–Crippen LogP) is 2.73. The SMILES string of the molecule is O=C(Nc1cnc2ccc(N3CCC4C[C@]43c3cc(F)ccc3F)nn12)N1CC[C@H](O)C1. The van der Waals surface area contributed by atoms with E-state index in [1.807, 2.05) is 11.0 Å². The molecule has 2 amide bonds. The second kappa shape index (κ2) is 6.86. The number of nitrogens with zero attached hydrogens (tertiary/aromatic N) is 5. The van der Waals surface area contributed by atoms with Gasteiger partial charge in [-0.25, -0.2) is 18.6 Å². The highest BCUT2D eigenvalue weighted by Gasteiger charge is 2.64. The van der Waals surface area contributed by atoms with Crippen LogP contribution in [0.4, 0.5) is 25.2 Å². The van der Waals surface area contributed by atoms with Crippen LogP contribution in [0.5, 0.6) is 0 Å². The van der Waals surface area contributed by atoms with Crippen molar-refractivity contribution in [2.45, 2.75) is 30.9 Å². The first kappa shape index (κ1) is 19.4. The lowest BCUT2D eigenvalue weighted by Gasteiger charge is -2.30. The van der Waals surface area contributed by atoms with Gasteiger partial charge in [-0.3, -0.25) is 5.32 Å². The third-order valence-corrected chi connectivity index (χ3v) is 6.96. The van der Waals surface area contributed by atoms with Crippen LogP contribution in [-0.4, -0.2) is 56.4 Å². The molecule has 2 aliphatic heterocycles. The van der Waals surface area contributed by atoms with Crippen LogP contribution in [0.25, 0.3) is 5.65 Å². The third kappa shape index (κ3) is 2.85. The Morgan fingerprint density at radius 2 is 2.06 bits per heavy atom. The van der Waals surface area contributed by atoms with Crippen molar-refractivity contribution in [1.29, 1.82) is 0 Å². The quantitative estimate of drug-likeness (QED) is 0.654. The number of urea groups is 1. The highest BCUT2D eigenvalue weighted by atomic mass is 19.1. The fourth-order valence-electron chi connectivity index (χ4n) is 5.30. The molecule has 8 nitrogen and oxygen atoms in total. The Hall–Kier alpha value is -3.27. The molecule has 3 aromatic rings. The summed E-state index contributed by atoms with van der Waals surface area (Å²) in [5.41, 5.74) is 0.333. The third-order valence-electron chi connectivity index (χ3n) is 6.96. The maximum Gasteiger partial charge on any atom is 0.323 e. The Morgan fingerprint density at radius 3 is 2.84 bits per heavy atom. The first-order chi connectivity index (χ1) is 15.5. The van der Waals surface area contributed by atoms with Gasteiger partial charge in [-0.1, -0.05) is 0 Å². The highest BCUT2D eigenvalue weighted by Crippen LogP contribution is 2.63. The number of anilines is 2. The highest BCUT2D eigenvalue weighted by molar-refractivity contribution is 5.89. The van der Waals surface area contributed by atoms with Gasteiger partial charge < -0.3 is 14.9 Å². The van der Waals surface area contributed by atoms with E-state index in [1.54, 1.807) is 15.5 Å². The fourth-order valence-corrected chi connectivity index (χ4v) is 5.30. The molecule has 3 fully saturated rings. The number of piperidine rings is 1. The van der Waals surface area contributed by atoms with Crippen LogP contribution in [0.3, 0.4) is 0 Å². The van der Waals surface area contributed by atoms with E-state index in [0.717, 1.165) is 18.9 Å². The average molecular weight is 440 g/mol. The van der Waals surface area contributed by atoms with Gasteiger partial charge in [0, 0.05) is 25.2 Å². The van der Waals surface area contributed by atoms with Gasteiger partial charge in [-0.2, -0.15) is 4.52 Å². The summed E-state index contributed by atoms with van der Waals surface area (Å²) in [5, 5.41) is 17.2. The molecule has 3 aliphatic rings. The molecule has 2 saturated heterocycles. The van der Waals surface area contributed by atoms with Gasteiger partial charge >= 0.3 is 6.03 Å². The molecule has 166 valence electrons. The van der Waals surface area contributed by atoms with Crippen molar-refractivity contribution in [3.05, 3.63) is 53.7 Å². The van der Waals surface area contributed by atoms with Crippen molar-refractivity contribution < 1.29 is 18.7 Å². The van der Waals surface area contributed by atoms with Crippen molar-refractivity contribution in [2.24, 2.45) is 5.92 Å². The smallest absolute Gasteiger partial charge is 0.323 e. The summed E-state index contributed by atoms with van der Waals surface area (Å²) in [4.78, 5) is 20.4. The number of aliphatic hydroxyl groups is 1. The molecule has 0 spiro atoms. The summed E-state index contributed by atoms with van der Waals surface area (Å²) in [7, 11) is 0. The number of aliphatic hydroxyl groups excluding tert-OH is 1. The minimum Gasteiger partial charge on any atom is -0.391 e. The van der Waals surface area contributed by atoms with Gasteiger partial charge in [0.2, 0.25) is 0 Å². The molecule has 10 heteroatoms. The summed E-state index contributed by atoms with van der Waals surface area (Å²) in [6.07, 6.45) is 3.20. The van der Waals surface area contributed by atoms with Crippen LogP contribution >= 0.6 is 0 Å². The van der Waals surface area contributed by atoms with Crippen LogP contribution in [-0.2, 0) is 5.54 Å². The van der Waals surface area contributed by atoms with Crippen LogP contribution in [0, 0.1) is 17.6 Å². The lowest BCUT2D eigenvalue weighted by atomic mass is 10.0. The monoisotopic (exact) mass is 440 g/mol. The first-order valence-corrected chi connectivity index (χ1v) is 10.8. The molecular formula is C22H22F2N6O2. The van der Waals surface area contributed by atoms with E-state index < -0.39 is 23.3 Å². The number of carbonyl (C=O) groups excluding carboxylic acids is 1. The van der Waals surface area contributed by atoms with Crippen molar-refractivity contribution in [1.82, 2.24) is 19.5 Å². The predicted molar refractivity (Wildman–Crippen MR) is 112 cm³/mol. The van der Waals surface area contributed by atoms with E-state index in [2.05, 4.69) is 10.3 Å². The molecule has 3 atom stereocenters. The summed E-state index contributed by atoms with van der Waals surface area (Å²) in [6, 6.07) is 6.90. The van der Waals surface area contributed by atoms with Gasteiger partial charge in [0.15, 0.2) is 11.5 Å². The van der Waals surface area contributed by atoms with Gasteiger partial charge in [0.25, 0.3) is 0 Å². The van der Waals surface area contributed by atoms with Crippen molar-refractivity contribution in [3.63, 3.8) is 0 Å². The molecule has 32 heavy (non-hydrogen) atoms. The van der Waals surface area contributed by atoms with Gasteiger partial charge in [-0.15, -0.1) is 5.10 Å². The second-order valence-electron chi connectivity index (χ2n) is 8.81. The van der Waals surface area contributed by atoms with E-state index in [9.17, 15) is 18.7 Å². The number of rotatable bonds is 3. The molecule has 4 heterocycles. The van der Waals surface area contributed by atoms with E-state index in [-0.39, 0.29) is 18.5 Å². The Bertz CT molecular complexity index is 1230. The molecule has 1 saturated carbocycles. The number of benzene rings is 1. The van der Waals surface area contributed by atoms with Gasteiger partial charge in [-0.05, 0) is 55.5 Å². The van der Waals surface area contributed by atoms with Gasteiger partial charge in [0.05, 0.1) is 17.8 Å². The Labute approximate surface area is 182 Å². The molecule has 1 aromatic carbocycles. The number of imidazole rings is 1. The molecular weight excluding hydrogens is 418 g/mol. The van der Waals surface area contributed by atoms with E-state index in [4.69, 9.17) is 5.10 Å². The van der Waals surface area contributed by atoms with Crippen molar-refractivity contribution in [3.8, 4) is 0 Å². The number of hydrogen-bond acceptors (Lipinski definition) is 5. The second-order valence-corrected chi connectivity index (χ2v) is 8.81. The number of hydrogen-bond donors (Lipinski definition) is 2. The van der Waals surface area contributed by atoms with E-state index >= 15 is 0 Å². The molecule has 1 unspecified atom stereocenters. The number of β-amino-alcohol motifs (C(OH)–C–C–N with tert-alkyl or cyclic N) is 1. The van der Waals surface area contributed by atoms with Crippen LogP contribution in [0.1, 0.15) is 24.8 Å². The molecule has 0 radical (unpaired) electrons. The maximum atomic E-state index is 14.7.